The van der Waals surface area contributed by atoms with Crippen LogP contribution in [0.15, 0.2) is 16.6 Å². The van der Waals surface area contributed by atoms with E-state index < -0.39 is 0 Å². The summed E-state index contributed by atoms with van der Waals surface area (Å²) in [6, 6.07) is 3.91. The van der Waals surface area contributed by atoms with Gasteiger partial charge in [-0.3, -0.25) is 0 Å². The van der Waals surface area contributed by atoms with Gasteiger partial charge in [0.1, 0.15) is 0 Å². The summed E-state index contributed by atoms with van der Waals surface area (Å²) in [6.45, 7) is 5.31. The first-order valence-corrected chi connectivity index (χ1v) is 7.21. The first-order valence-electron chi connectivity index (χ1n) is 6.41. The zero-order valence-electron chi connectivity index (χ0n) is 11.8. The summed E-state index contributed by atoms with van der Waals surface area (Å²) in [5.74, 6) is 1.48. The molecule has 0 aromatic heterocycles. The molecule has 0 spiro atoms. The van der Waals surface area contributed by atoms with Crippen molar-refractivity contribution in [3.63, 3.8) is 0 Å². The molecule has 0 fully saturated rings. The zero-order valence-corrected chi connectivity index (χ0v) is 13.4. The van der Waals surface area contributed by atoms with E-state index in [-0.39, 0.29) is 0 Å². The molecule has 1 aromatic rings. The van der Waals surface area contributed by atoms with Gasteiger partial charge in [0, 0.05) is 24.2 Å². The second-order valence-corrected chi connectivity index (χ2v) is 4.88. The van der Waals surface area contributed by atoms with Gasteiger partial charge >= 0.3 is 0 Å². The highest BCUT2D eigenvalue weighted by atomic mass is 79.9. The third kappa shape index (κ3) is 5.38. The molecule has 1 rings (SSSR count). The molecule has 5 heteroatoms. The molecule has 0 heterocycles. The molecule has 1 aromatic carbocycles. The van der Waals surface area contributed by atoms with Crippen LogP contribution in [0.2, 0.25) is 0 Å². The summed E-state index contributed by atoms with van der Waals surface area (Å²) >= 11 is 3.55. The zero-order chi connectivity index (χ0) is 14.1. The van der Waals surface area contributed by atoms with Crippen LogP contribution < -0.4 is 14.8 Å². The van der Waals surface area contributed by atoms with Crippen LogP contribution in [0.4, 0.5) is 0 Å². The van der Waals surface area contributed by atoms with Crippen LogP contribution in [0.5, 0.6) is 11.5 Å². The van der Waals surface area contributed by atoms with Crippen LogP contribution >= 0.6 is 15.9 Å². The van der Waals surface area contributed by atoms with Gasteiger partial charge in [-0.2, -0.15) is 0 Å². The van der Waals surface area contributed by atoms with Crippen LogP contribution in [0.3, 0.4) is 0 Å². The minimum absolute atomic E-state index is 0.731. The molecule has 0 unspecified atom stereocenters. The lowest BCUT2D eigenvalue weighted by molar-refractivity contribution is 0.144. The summed E-state index contributed by atoms with van der Waals surface area (Å²) in [7, 11) is 3.28. The molecule has 0 aliphatic carbocycles. The van der Waals surface area contributed by atoms with Crippen molar-refractivity contribution in [1.29, 1.82) is 0 Å². The normalized spacial score (nSPS) is 10.5. The minimum Gasteiger partial charge on any atom is -0.493 e. The average molecular weight is 332 g/mol. The third-order valence-electron chi connectivity index (χ3n) is 2.71. The van der Waals surface area contributed by atoms with E-state index in [4.69, 9.17) is 14.2 Å². The summed E-state index contributed by atoms with van der Waals surface area (Å²) < 4.78 is 16.9. The molecule has 0 aliphatic heterocycles. The van der Waals surface area contributed by atoms with Crippen molar-refractivity contribution in [1.82, 2.24) is 5.32 Å². The fraction of sp³-hybridized carbons (Fsp3) is 0.571. The van der Waals surface area contributed by atoms with Gasteiger partial charge in [0.2, 0.25) is 0 Å². The Kier molecular flexibility index (Phi) is 7.86. The van der Waals surface area contributed by atoms with Crippen LogP contribution in [0, 0.1) is 0 Å². The Morgan fingerprint density at radius 1 is 1.16 bits per heavy atom. The number of nitrogens with one attached hydrogen (secondary N) is 1. The average Bonchev–Trinajstić information content (AvgIpc) is 2.43. The molecule has 0 aliphatic rings. The lowest BCUT2D eigenvalue weighted by Gasteiger charge is -2.12. The first-order chi connectivity index (χ1) is 9.22. The maximum Gasteiger partial charge on any atom is 0.161 e. The van der Waals surface area contributed by atoms with E-state index >= 15 is 0 Å². The second kappa shape index (κ2) is 9.18. The number of ether oxygens (including phenoxy) is 3. The van der Waals surface area contributed by atoms with E-state index in [1.165, 1.54) is 0 Å². The lowest BCUT2D eigenvalue weighted by Crippen LogP contribution is -2.16. The van der Waals surface area contributed by atoms with Crippen molar-refractivity contribution in [3.05, 3.63) is 22.2 Å². The SMILES string of the molecule is CCOCCCNCc1cc(OC)c(OC)cc1Br. The predicted octanol–water partition coefficient (Wildman–Crippen LogP) is 2.98. The van der Waals surface area contributed by atoms with Crippen molar-refractivity contribution in [2.75, 3.05) is 34.0 Å². The van der Waals surface area contributed by atoms with E-state index in [0.29, 0.717) is 0 Å². The standard InChI is InChI=1S/C14H22BrNO3/c1-4-19-7-5-6-16-10-11-8-13(17-2)14(18-3)9-12(11)15/h8-9,16H,4-7,10H2,1-3H3. The molecule has 0 atom stereocenters. The van der Waals surface area contributed by atoms with E-state index in [0.717, 1.165) is 54.3 Å². The number of rotatable bonds is 9. The van der Waals surface area contributed by atoms with E-state index in [1.807, 2.05) is 19.1 Å². The largest absolute Gasteiger partial charge is 0.493 e. The molecule has 0 amide bonds. The second-order valence-electron chi connectivity index (χ2n) is 4.03. The van der Waals surface area contributed by atoms with Crippen molar-refractivity contribution in [3.8, 4) is 11.5 Å². The van der Waals surface area contributed by atoms with Crippen molar-refractivity contribution >= 4 is 15.9 Å². The first kappa shape index (κ1) is 16.3. The van der Waals surface area contributed by atoms with Gasteiger partial charge in [0.05, 0.1) is 14.2 Å². The van der Waals surface area contributed by atoms with Gasteiger partial charge in [-0.15, -0.1) is 0 Å². The molecular formula is C14H22BrNO3. The highest BCUT2D eigenvalue weighted by Crippen LogP contribution is 2.33. The molecule has 4 nitrogen and oxygen atoms in total. The monoisotopic (exact) mass is 331 g/mol. The summed E-state index contributed by atoms with van der Waals surface area (Å²) in [5.41, 5.74) is 1.15. The summed E-state index contributed by atoms with van der Waals surface area (Å²) in [6.07, 6.45) is 1.01. The number of hydrogen-bond acceptors (Lipinski definition) is 4. The fourth-order valence-electron chi connectivity index (χ4n) is 1.70. The van der Waals surface area contributed by atoms with Crippen LogP contribution in [0.1, 0.15) is 18.9 Å². The van der Waals surface area contributed by atoms with Gasteiger partial charge in [-0.1, -0.05) is 15.9 Å². The molecule has 0 saturated heterocycles. The smallest absolute Gasteiger partial charge is 0.161 e. The molecule has 19 heavy (non-hydrogen) atoms. The van der Waals surface area contributed by atoms with Crippen molar-refractivity contribution in [2.45, 2.75) is 19.9 Å². The Hall–Kier alpha value is -0.780. The maximum atomic E-state index is 5.30. The Morgan fingerprint density at radius 2 is 1.84 bits per heavy atom. The Balaban J connectivity index is 2.49. The van der Waals surface area contributed by atoms with Crippen molar-refractivity contribution in [2.24, 2.45) is 0 Å². The van der Waals surface area contributed by atoms with Crippen LogP contribution in [0.25, 0.3) is 0 Å². The highest BCUT2D eigenvalue weighted by molar-refractivity contribution is 9.10. The minimum atomic E-state index is 0.731. The number of benzene rings is 1. The van der Waals surface area contributed by atoms with E-state index in [2.05, 4.69) is 21.2 Å². The van der Waals surface area contributed by atoms with Crippen molar-refractivity contribution < 1.29 is 14.2 Å². The molecule has 0 saturated carbocycles. The molecule has 1 N–H and O–H groups in total. The van der Waals surface area contributed by atoms with Gasteiger partial charge in [0.15, 0.2) is 11.5 Å². The fourth-order valence-corrected chi connectivity index (χ4v) is 2.16. The van der Waals surface area contributed by atoms with Crippen LogP contribution in [-0.2, 0) is 11.3 Å². The number of halogens is 1. The Labute approximate surface area is 123 Å². The molecular weight excluding hydrogens is 310 g/mol. The van der Waals surface area contributed by atoms with Gasteiger partial charge < -0.3 is 19.5 Å². The van der Waals surface area contributed by atoms with Gasteiger partial charge in [-0.05, 0) is 37.6 Å². The topological polar surface area (TPSA) is 39.7 Å². The third-order valence-corrected chi connectivity index (χ3v) is 3.45. The summed E-state index contributed by atoms with van der Waals surface area (Å²) in [5, 5.41) is 3.38. The molecule has 108 valence electrons. The molecule has 0 bridgehead atoms. The van der Waals surface area contributed by atoms with E-state index in [1.54, 1.807) is 14.2 Å². The van der Waals surface area contributed by atoms with Gasteiger partial charge in [0.25, 0.3) is 0 Å². The van der Waals surface area contributed by atoms with E-state index in [9.17, 15) is 0 Å². The molecule has 0 radical (unpaired) electrons. The quantitative estimate of drug-likeness (QED) is 0.706. The Bertz CT molecular complexity index is 385. The Morgan fingerprint density at radius 3 is 2.47 bits per heavy atom. The van der Waals surface area contributed by atoms with Crippen LogP contribution in [-0.4, -0.2) is 34.0 Å². The number of hydrogen-bond donors (Lipinski definition) is 1. The highest BCUT2D eigenvalue weighted by Gasteiger charge is 2.08. The number of methoxy groups -OCH3 is 2. The summed E-state index contributed by atoms with van der Waals surface area (Å²) in [4.78, 5) is 0. The maximum absolute atomic E-state index is 5.30. The van der Waals surface area contributed by atoms with Gasteiger partial charge in [-0.25, -0.2) is 0 Å². The lowest BCUT2D eigenvalue weighted by atomic mass is 10.2. The predicted molar refractivity (Wildman–Crippen MR) is 80.1 cm³/mol.